The second-order valence-electron chi connectivity index (χ2n) is 4.47. The van der Waals surface area contributed by atoms with E-state index < -0.39 is 0 Å². The zero-order valence-electron chi connectivity index (χ0n) is 8.41. The van der Waals surface area contributed by atoms with Gasteiger partial charge in [0, 0.05) is 30.1 Å². The largest absolute Gasteiger partial charge is 0.326 e. The van der Waals surface area contributed by atoms with Crippen molar-refractivity contribution >= 4 is 11.8 Å². The van der Waals surface area contributed by atoms with E-state index in [1.165, 1.54) is 37.3 Å². The number of nitrogens with two attached hydrogens (primary N) is 1. The van der Waals surface area contributed by atoms with Crippen molar-refractivity contribution in [2.75, 3.05) is 25.1 Å². The molecule has 2 nitrogen and oxygen atoms in total. The van der Waals surface area contributed by atoms with Gasteiger partial charge in [0.2, 0.25) is 0 Å². The Morgan fingerprint density at radius 1 is 1.54 bits per heavy atom. The highest BCUT2D eigenvalue weighted by molar-refractivity contribution is 7.99. The number of likely N-dealkylation sites (N-methyl/N-ethyl adjacent to an activating group) is 1. The minimum Gasteiger partial charge on any atom is -0.326 e. The van der Waals surface area contributed by atoms with Gasteiger partial charge in [-0.2, -0.15) is 11.8 Å². The molecule has 1 saturated heterocycles. The summed E-state index contributed by atoms with van der Waals surface area (Å²) in [5, 5.41) is 0. The predicted molar refractivity (Wildman–Crippen MR) is 59.1 cm³/mol. The highest BCUT2D eigenvalue weighted by Crippen LogP contribution is 2.34. The summed E-state index contributed by atoms with van der Waals surface area (Å²) in [5.74, 6) is 3.49. The summed E-state index contributed by atoms with van der Waals surface area (Å²) in [6.07, 6.45) is 4.12. The van der Waals surface area contributed by atoms with Crippen LogP contribution in [0.25, 0.3) is 0 Å². The van der Waals surface area contributed by atoms with Crippen molar-refractivity contribution in [1.29, 1.82) is 0 Å². The smallest absolute Gasteiger partial charge is 0.0335 e. The van der Waals surface area contributed by atoms with E-state index in [-0.39, 0.29) is 0 Å². The summed E-state index contributed by atoms with van der Waals surface area (Å²) >= 11 is 2.06. The van der Waals surface area contributed by atoms with Crippen molar-refractivity contribution in [1.82, 2.24) is 4.90 Å². The Kier molecular flexibility index (Phi) is 3.17. The quantitative estimate of drug-likeness (QED) is 0.741. The maximum Gasteiger partial charge on any atom is 0.0335 e. The van der Waals surface area contributed by atoms with Gasteiger partial charge in [0.25, 0.3) is 0 Å². The Bertz CT molecular complexity index is 170. The first-order chi connectivity index (χ1) is 6.27. The minimum atomic E-state index is 0.422. The number of hydrogen-bond donors (Lipinski definition) is 1. The molecule has 2 aliphatic rings. The number of thioether (sulfide) groups is 1. The van der Waals surface area contributed by atoms with E-state index in [1.54, 1.807) is 0 Å². The van der Waals surface area contributed by atoms with Crippen molar-refractivity contribution in [3.8, 4) is 0 Å². The van der Waals surface area contributed by atoms with Gasteiger partial charge >= 0.3 is 0 Å². The zero-order valence-corrected chi connectivity index (χ0v) is 9.22. The molecular weight excluding hydrogens is 180 g/mol. The average molecular weight is 200 g/mol. The Balaban J connectivity index is 1.81. The lowest BCUT2D eigenvalue weighted by molar-refractivity contribution is 0.227. The van der Waals surface area contributed by atoms with E-state index in [0.29, 0.717) is 12.1 Å². The molecule has 0 spiro atoms. The van der Waals surface area contributed by atoms with Gasteiger partial charge in [0.15, 0.2) is 0 Å². The first-order valence-corrected chi connectivity index (χ1v) is 6.46. The van der Waals surface area contributed by atoms with E-state index in [2.05, 4.69) is 23.7 Å². The maximum absolute atomic E-state index is 6.22. The molecule has 1 saturated carbocycles. The van der Waals surface area contributed by atoms with Gasteiger partial charge in [-0.15, -0.1) is 0 Å². The van der Waals surface area contributed by atoms with Crippen LogP contribution in [-0.2, 0) is 0 Å². The van der Waals surface area contributed by atoms with E-state index >= 15 is 0 Å². The molecule has 2 atom stereocenters. The Hall–Kier alpha value is 0.270. The molecule has 2 fully saturated rings. The molecule has 2 rings (SSSR count). The maximum atomic E-state index is 6.22. The van der Waals surface area contributed by atoms with E-state index in [0.717, 1.165) is 5.92 Å². The minimum absolute atomic E-state index is 0.422. The Morgan fingerprint density at radius 3 is 2.92 bits per heavy atom. The average Bonchev–Trinajstić information content (AvgIpc) is 2.89. The second-order valence-corrected chi connectivity index (χ2v) is 5.62. The van der Waals surface area contributed by atoms with Crippen LogP contribution in [0.1, 0.15) is 19.3 Å². The van der Waals surface area contributed by atoms with Gasteiger partial charge in [0.1, 0.15) is 0 Å². The summed E-state index contributed by atoms with van der Waals surface area (Å²) in [5.41, 5.74) is 6.22. The molecule has 1 aliphatic carbocycles. The Labute approximate surface area is 85.2 Å². The first kappa shape index (κ1) is 9.81. The molecule has 3 heteroatoms. The monoisotopic (exact) mass is 200 g/mol. The van der Waals surface area contributed by atoms with Crippen molar-refractivity contribution in [3.05, 3.63) is 0 Å². The molecule has 0 bridgehead atoms. The van der Waals surface area contributed by atoms with E-state index in [4.69, 9.17) is 5.73 Å². The van der Waals surface area contributed by atoms with Crippen LogP contribution in [0.2, 0.25) is 0 Å². The normalized spacial score (nSPS) is 33.2. The van der Waals surface area contributed by atoms with Gasteiger partial charge in [-0.25, -0.2) is 0 Å². The highest BCUT2D eigenvalue weighted by atomic mass is 32.2. The van der Waals surface area contributed by atoms with Crippen LogP contribution >= 0.6 is 11.8 Å². The fraction of sp³-hybridized carbons (Fsp3) is 1.00. The SMILES string of the molecule is CN1CCSCC1C(N)CC1CC1. The van der Waals surface area contributed by atoms with Crippen LogP contribution in [0.4, 0.5) is 0 Å². The summed E-state index contributed by atoms with van der Waals surface area (Å²) in [6, 6.07) is 1.06. The van der Waals surface area contributed by atoms with E-state index in [1.807, 2.05) is 0 Å². The molecule has 1 heterocycles. The lowest BCUT2D eigenvalue weighted by atomic mass is 10.0. The second kappa shape index (κ2) is 4.20. The third-order valence-corrected chi connectivity index (χ3v) is 4.29. The van der Waals surface area contributed by atoms with Crippen LogP contribution in [0.5, 0.6) is 0 Å². The molecule has 0 radical (unpaired) electrons. The van der Waals surface area contributed by atoms with Gasteiger partial charge in [-0.3, -0.25) is 0 Å². The predicted octanol–water partition coefficient (Wildman–Crippen LogP) is 1.16. The molecule has 0 aromatic rings. The van der Waals surface area contributed by atoms with Crippen LogP contribution < -0.4 is 5.73 Å². The molecule has 0 amide bonds. The molecule has 0 aromatic heterocycles. The molecular formula is C10H20N2S. The molecule has 1 aliphatic heterocycles. The fourth-order valence-electron chi connectivity index (χ4n) is 2.05. The summed E-state index contributed by atoms with van der Waals surface area (Å²) in [7, 11) is 2.22. The number of nitrogens with zero attached hydrogens (tertiary/aromatic N) is 1. The third kappa shape index (κ3) is 2.61. The standard InChI is InChI=1S/C10H20N2S/c1-12-4-5-13-7-10(12)9(11)6-8-2-3-8/h8-10H,2-7,11H2,1H3. The zero-order chi connectivity index (χ0) is 9.26. The van der Waals surface area contributed by atoms with Crippen LogP contribution in [0, 0.1) is 5.92 Å². The van der Waals surface area contributed by atoms with Crippen LogP contribution in [0.3, 0.4) is 0 Å². The fourth-order valence-corrected chi connectivity index (χ4v) is 3.38. The molecule has 2 unspecified atom stereocenters. The van der Waals surface area contributed by atoms with Gasteiger partial charge in [0.05, 0.1) is 0 Å². The number of hydrogen-bond acceptors (Lipinski definition) is 3. The molecule has 76 valence electrons. The van der Waals surface area contributed by atoms with Gasteiger partial charge < -0.3 is 10.6 Å². The van der Waals surface area contributed by atoms with Crippen molar-refractivity contribution in [2.24, 2.45) is 11.7 Å². The van der Waals surface area contributed by atoms with Gasteiger partial charge in [-0.1, -0.05) is 12.8 Å². The summed E-state index contributed by atoms with van der Waals surface area (Å²) in [4.78, 5) is 2.45. The van der Waals surface area contributed by atoms with Crippen LogP contribution in [-0.4, -0.2) is 42.1 Å². The van der Waals surface area contributed by atoms with Crippen molar-refractivity contribution in [2.45, 2.75) is 31.3 Å². The third-order valence-electron chi connectivity index (χ3n) is 3.24. The van der Waals surface area contributed by atoms with Crippen molar-refractivity contribution < 1.29 is 0 Å². The van der Waals surface area contributed by atoms with Crippen LogP contribution in [0.15, 0.2) is 0 Å². The number of rotatable bonds is 3. The Morgan fingerprint density at radius 2 is 2.31 bits per heavy atom. The summed E-state index contributed by atoms with van der Waals surface area (Å²) in [6.45, 7) is 1.22. The lowest BCUT2D eigenvalue weighted by Crippen LogP contribution is -2.50. The molecule has 0 aromatic carbocycles. The topological polar surface area (TPSA) is 29.3 Å². The van der Waals surface area contributed by atoms with Crippen molar-refractivity contribution in [3.63, 3.8) is 0 Å². The summed E-state index contributed by atoms with van der Waals surface area (Å²) < 4.78 is 0. The van der Waals surface area contributed by atoms with Gasteiger partial charge in [-0.05, 0) is 19.4 Å². The van der Waals surface area contributed by atoms with E-state index in [9.17, 15) is 0 Å². The highest BCUT2D eigenvalue weighted by Gasteiger charge is 2.30. The first-order valence-electron chi connectivity index (χ1n) is 5.31. The lowest BCUT2D eigenvalue weighted by Gasteiger charge is -2.36. The molecule has 2 N–H and O–H groups in total. The molecule has 13 heavy (non-hydrogen) atoms.